The lowest BCUT2D eigenvalue weighted by Crippen LogP contribution is -2.35. The van der Waals surface area contributed by atoms with Crippen molar-refractivity contribution in [1.82, 2.24) is 19.8 Å². The summed E-state index contributed by atoms with van der Waals surface area (Å²) in [6.45, 7) is 0.946. The highest BCUT2D eigenvalue weighted by Gasteiger charge is 2.42. The van der Waals surface area contributed by atoms with Gasteiger partial charge >= 0.3 is 0 Å². The number of hydrogen-bond acceptors (Lipinski definition) is 3. The van der Waals surface area contributed by atoms with Gasteiger partial charge in [-0.1, -0.05) is 11.6 Å². The summed E-state index contributed by atoms with van der Waals surface area (Å²) in [4.78, 5) is 35.9. The van der Waals surface area contributed by atoms with Crippen LogP contribution in [0.15, 0.2) is 18.2 Å². The molecular formula is C17H19ClN4O2. The van der Waals surface area contributed by atoms with Crippen LogP contribution in [0.3, 0.4) is 0 Å². The molecule has 1 aliphatic heterocycles. The number of imidazole rings is 1. The average molecular weight is 347 g/mol. The highest BCUT2D eigenvalue weighted by molar-refractivity contribution is 6.31. The molecule has 1 atom stereocenters. The van der Waals surface area contributed by atoms with Crippen molar-refractivity contribution in [3.05, 3.63) is 29.0 Å². The Morgan fingerprint density at radius 2 is 2.25 bits per heavy atom. The average Bonchev–Trinajstić information content (AvgIpc) is 3.20. The molecule has 6 nitrogen and oxygen atoms in total. The van der Waals surface area contributed by atoms with Gasteiger partial charge in [-0.3, -0.25) is 9.59 Å². The lowest BCUT2D eigenvalue weighted by Gasteiger charge is -2.20. The van der Waals surface area contributed by atoms with E-state index >= 15 is 0 Å². The van der Waals surface area contributed by atoms with E-state index in [0.29, 0.717) is 36.4 Å². The molecule has 1 unspecified atom stereocenters. The standard InChI is InChI=1S/C17H19ClN4O2/c1-21(9-15-19-13-5-2-11(18)7-14(13)20-15)17(24)10-6-16(23)22(8-10)12-3-4-12/h2,5,7,10,12H,3-4,6,8-9H2,1H3,(H,19,20). The highest BCUT2D eigenvalue weighted by Crippen LogP contribution is 2.33. The maximum atomic E-state index is 12.6. The van der Waals surface area contributed by atoms with E-state index in [9.17, 15) is 9.59 Å². The molecule has 2 heterocycles. The number of halogens is 1. The smallest absolute Gasteiger partial charge is 0.228 e. The molecule has 2 fully saturated rings. The second-order valence-electron chi connectivity index (χ2n) is 6.72. The van der Waals surface area contributed by atoms with Crippen molar-refractivity contribution in [3.8, 4) is 0 Å². The maximum absolute atomic E-state index is 12.6. The Labute approximate surface area is 144 Å². The fraction of sp³-hybridized carbons (Fsp3) is 0.471. The molecule has 2 aliphatic rings. The van der Waals surface area contributed by atoms with Crippen molar-refractivity contribution in [2.75, 3.05) is 13.6 Å². The van der Waals surface area contributed by atoms with Gasteiger partial charge in [-0.2, -0.15) is 0 Å². The molecule has 4 rings (SSSR count). The van der Waals surface area contributed by atoms with E-state index < -0.39 is 0 Å². The Morgan fingerprint density at radius 3 is 3.00 bits per heavy atom. The predicted octanol–water partition coefficient (Wildman–Crippen LogP) is 2.19. The summed E-state index contributed by atoms with van der Waals surface area (Å²) in [7, 11) is 1.76. The Balaban J connectivity index is 1.43. The molecular weight excluding hydrogens is 328 g/mol. The first-order chi connectivity index (χ1) is 11.5. The van der Waals surface area contributed by atoms with Crippen LogP contribution in [0.25, 0.3) is 11.0 Å². The molecule has 2 amide bonds. The first-order valence-electron chi connectivity index (χ1n) is 8.20. The highest BCUT2D eigenvalue weighted by atomic mass is 35.5. The van der Waals surface area contributed by atoms with Crippen molar-refractivity contribution in [1.29, 1.82) is 0 Å². The van der Waals surface area contributed by atoms with Crippen molar-refractivity contribution in [3.63, 3.8) is 0 Å². The topological polar surface area (TPSA) is 69.3 Å². The van der Waals surface area contributed by atoms with Crippen LogP contribution in [-0.2, 0) is 16.1 Å². The first kappa shape index (κ1) is 15.4. The second-order valence-corrected chi connectivity index (χ2v) is 7.15. The Kier molecular flexibility index (Phi) is 3.72. The van der Waals surface area contributed by atoms with Gasteiger partial charge in [-0.25, -0.2) is 4.98 Å². The lowest BCUT2D eigenvalue weighted by molar-refractivity contribution is -0.135. The molecule has 0 spiro atoms. The molecule has 1 N–H and O–H groups in total. The van der Waals surface area contributed by atoms with Crippen LogP contribution < -0.4 is 0 Å². The molecule has 1 aromatic carbocycles. The van der Waals surface area contributed by atoms with E-state index in [1.165, 1.54) is 0 Å². The molecule has 24 heavy (non-hydrogen) atoms. The molecule has 1 saturated heterocycles. The van der Waals surface area contributed by atoms with Crippen LogP contribution in [0.5, 0.6) is 0 Å². The van der Waals surface area contributed by atoms with Crippen LogP contribution in [-0.4, -0.2) is 51.2 Å². The largest absolute Gasteiger partial charge is 0.340 e. The monoisotopic (exact) mass is 346 g/mol. The van der Waals surface area contributed by atoms with E-state index in [0.717, 1.165) is 23.9 Å². The number of aromatic nitrogens is 2. The lowest BCUT2D eigenvalue weighted by atomic mass is 10.1. The Bertz CT molecular complexity index is 814. The third-order valence-corrected chi connectivity index (χ3v) is 4.99. The quantitative estimate of drug-likeness (QED) is 0.922. The number of hydrogen-bond donors (Lipinski definition) is 1. The molecule has 0 radical (unpaired) electrons. The first-order valence-corrected chi connectivity index (χ1v) is 8.57. The number of nitrogens with one attached hydrogen (secondary N) is 1. The fourth-order valence-corrected chi connectivity index (χ4v) is 3.53. The summed E-state index contributed by atoms with van der Waals surface area (Å²) in [5.74, 6) is 0.598. The van der Waals surface area contributed by atoms with Crippen LogP contribution >= 0.6 is 11.6 Å². The summed E-state index contributed by atoms with van der Waals surface area (Å²) >= 11 is 5.98. The van der Waals surface area contributed by atoms with Crippen molar-refractivity contribution in [2.45, 2.75) is 31.8 Å². The van der Waals surface area contributed by atoms with E-state index in [4.69, 9.17) is 11.6 Å². The number of rotatable bonds is 4. The molecule has 1 aliphatic carbocycles. The van der Waals surface area contributed by atoms with Crippen molar-refractivity contribution in [2.24, 2.45) is 5.92 Å². The number of fused-ring (bicyclic) bond motifs is 1. The van der Waals surface area contributed by atoms with Gasteiger partial charge in [0, 0.05) is 31.1 Å². The zero-order chi connectivity index (χ0) is 16.8. The SMILES string of the molecule is CN(Cc1nc2ccc(Cl)cc2[nH]1)C(=O)C1CC(=O)N(C2CC2)C1. The maximum Gasteiger partial charge on any atom is 0.228 e. The van der Waals surface area contributed by atoms with Crippen molar-refractivity contribution < 1.29 is 9.59 Å². The third-order valence-electron chi connectivity index (χ3n) is 4.75. The molecule has 1 aromatic heterocycles. The van der Waals surface area contributed by atoms with Gasteiger partial charge in [0.1, 0.15) is 5.82 Å². The van der Waals surface area contributed by atoms with Crippen LogP contribution in [0.4, 0.5) is 0 Å². The summed E-state index contributed by atoms with van der Waals surface area (Å²) in [5, 5.41) is 0.645. The third kappa shape index (κ3) is 2.86. The molecule has 0 bridgehead atoms. The second kappa shape index (κ2) is 5.77. The van der Waals surface area contributed by atoms with Gasteiger partial charge in [0.05, 0.1) is 23.5 Å². The number of carbonyl (C=O) groups is 2. The van der Waals surface area contributed by atoms with Gasteiger partial charge in [0.25, 0.3) is 0 Å². The number of nitrogens with zero attached hydrogens (tertiary/aromatic N) is 3. The van der Waals surface area contributed by atoms with E-state index in [1.807, 2.05) is 17.0 Å². The van der Waals surface area contributed by atoms with Gasteiger partial charge < -0.3 is 14.8 Å². The summed E-state index contributed by atoms with van der Waals surface area (Å²) in [6.07, 6.45) is 2.48. The minimum atomic E-state index is -0.234. The van der Waals surface area contributed by atoms with Crippen LogP contribution in [0, 0.1) is 5.92 Å². The Hall–Kier alpha value is -2.08. The number of aromatic amines is 1. The Morgan fingerprint density at radius 1 is 1.46 bits per heavy atom. The predicted molar refractivity (Wildman–Crippen MR) is 90.4 cm³/mol. The minimum Gasteiger partial charge on any atom is -0.340 e. The summed E-state index contributed by atoms with van der Waals surface area (Å²) < 4.78 is 0. The number of benzene rings is 1. The van der Waals surface area contributed by atoms with Gasteiger partial charge in [-0.05, 0) is 31.0 Å². The van der Waals surface area contributed by atoms with Gasteiger partial charge in [-0.15, -0.1) is 0 Å². The minimum absolute atomic E-state index is 0.00462. The van der Waals surface area contributed by atoms with Crippen LogP contribution in [0.1, 0.15) is 25.1 Å². The number of likely N-dealkylation sites (tertiary alicyclic amines) is 1. The zero-order valence-corrected chi connectivity index (χ0v) is 14.2. The number of amides is 2. The molecule has 7 heteroatoms. The van der Waals surface area contributed by atoms with E-state index in [-0.39, 0.29) is 17.7 Å². The molecule has 2 aromatic rings. The molecule has 126 valence electrons. The van der Waals surface area contributed by atoms with Gasteiger partial charge in [0.15, 0.2) is 0 Å². The summed E-state index contributed by atoms with van der Waals surface area (Å²) in [6, 6.07) is 5.83. The summed E-state index contributed by atoms with van der Waals surface area (Å²) in [5.41, 5.74) is 1.68. The zero-order valence-electron chi connectivity index (χ0n) is 13.5. The van der Waals surface area contributed by atoms with Crippen molar-refractivity contribution >= 4 is 34.4 Å². The molecule has 1 saturated carbocycles. The van der Waals surface area contributed by atoms with E-state index in [2.05, 4.69) is 9.97 Å². The van der Waals surface area contributed by atoms with Crippen LogP contribution in [0.2, 0.25) is 5.02 Å². The van der Waals surface area contributed by atoms with Gasteiger partial charge in [0.2, 0.25) is 11.8 Å². The van der Waals surface area contributed by atoms with E-state index in [1.54, 1.807) is 18.0 Å². The normalized spacial score (nSPS) is 20.8. The number of H-pyrrole nitrogens is 1. The number of carbonyl (C=O) groups excluding carboxylic acids is 2. The fourth-order valence-electron chi connectivity index (χ4n) is 3.36.